The maximum atomic E-state index is 5.77. The van der Waals surface area contributed by atoms with E-state index < -0.39 is 0 Å². The Morgan fingerprint density at radius 3 is 2.06 bits per heavy atom. The first-order chi connectivity index (χ1) is 15.1. The Bertz CT molecular complexity index is 1150. The summed E-state index contributed by atoms with van der Waals surface area (Å²) in [5, 5.41) is 1.27. The van der Waals surface area contributed by atoms with Crippen molar-refractivity contribution in [1.82, 2.24) is 4.90 Å². The molecule has 1 aromatic heterocycles. The van der Waals surface area contributed by atoms with Crippen LogP contribution < -0.4 is 14.2 Å². The van der Waals surface area contributed by atoms with Crippen LogP contribution in [0.3, 0.4) is 0 Å². The lowest BCUT2D eigenvalue weighted by molar-refractivity contribution is 0.179. The topological polar surface area (TPSA) is 30.9 Å². The van der Waals surface area contributed by atoms with Crippen molar-refractivity contribution in [2.45, 2.75) is 6.42 Å². The summed E-state index contributed by atoms with van der Waals surface area (Å²) in [4.78, 5) is 3.28. The lowest BCUT2D eigenvalue weighted by Gasteiger charge is -2.12. The zero-order valence-corrected chi connectivity index (χ0v) is 19.2. The first-order valence-corrected chi connectivity index (χ1v) is 11.0. The van der Waals surface area contributed by atoms with Crippen LogP contribution in [0.25, 0.3) is 20.5 Å². The van der Waals surface area contributed by atoms with Crippen molar-refractivity contribution in [2.75, 3.05) is 35.0 Å². The van der Waals surface area contributed by atoms with Crippen LogP contribution in [0.1, 0.15) is 11.1 Å². The fourth-order valence-electron chi connectivity index (χ4n) is 3.52. The number of benzene rings is 3. The minimum atomic E-state index is 0.567. The summed E-state index contributed by atoms with van der Waals surface area (Å²) in [5.41, 5.74) is 3.78. The Hall–Kier alpha value is -3.02. The molecule has 0 spiro atoms. The van der Waals surface area contributed by atoms with Crippen molar-refractivity contribution in [1.29, 1.82) is 0 Å². The predicted molar refractivity (Wildman–Crippen MR) is 129 cm³/mol. The molecule has 31 heavy (non-hydrogen) atoms. The van der Waals surface area contributed by atoms with E-state index in [0.29, 0.717) is 6.73 Å². The van der Waals surface area contributed by atoms with Gasteiger partial charge in [0, 0.05) is 9.58 Å². The van der Waals surface area contributed by atoms with Crippen LogP contribution >= 0.6 is 11.3 Å². The molecule has 0 radical (unpaired) electrons. The fraction of sp³-hybridized carbons (Fsp3) is 0.231. The van der Waals surface area contributed by atoms with Crippen molar-refractivity contribution in [2.24, 2.45) is 0 Å². The van der Waals surface area contributed by atoms with E-state index in [1.54, 1.807) is 25.6 Å². The highest BCUT2D eigenvalue weighted by Crippen LogP contribution is 2.41. The van der Waals surface area contributed by atoms with Gasteiger partial charge in [-0.05, 0) is 97.2 Å². The first kappa shape index (κ1) is 21.2. The lowest BCUT2D eigenvalue weighted by Crippen LogP contribution is -2.18. The monoisotopic (exact) mass is 433 g/mol. The van der Waals surface area contributed by atoms with Gasteiger partial charge in [-0.25, -0.2) is 0 Å². The zero-order valence-electron chi connectivity index (χ0n) is 18.3. The standard InChI is InChI=1S/C26H27NO3S/c1-27(2)17-30-21-9-5-18(6-10-21)15-24-23-14-13-22(29-4)16-25(23)31-26(24)19-7-11-20(28-3)12-8-19/h5-14,16H,15,17H2,1-4H3. The molecule has 0 bridgehead atoms. The summed E-state index contributed by atoms with van der Waals surface area (Å²) in [6, 6.07) is 23.0. The van der Waals surface area contributed by atoms with E-state index >= 15 is 0 Å². The van der Waals surface area contributed by atoms with E-state index in [4.69, 9.17) is 14.2 Å². The van der Waals surface area contributed by atoms with E-state index in [0.717, 1.165) is 23.7 Å². The van der Waals surface area contributed by atoms with Crippen LogP contribution in [-0.4, -0.2) is 39.9 Å². The number of thiophene rings is 1. The van der Waals surface area contributed by atoms with Crippen molar-refractivity contribution in [3.63, 3.8) is 0 Å². The van der Waals surface area contributed by atoms with Crippen LogP contribution in [0.5, 0.6) is 17.2 Å². The molecule has 0 aliphatic carbocycles. The molecule has 5 heteroatoms. The third-order valence-corrected chi connectivity index (χ3v) is 6.39. The van der Waals surface area contributed by atoms with Crippen LogP contribution in [0, 0.1) is 0 Å². The zero-order chi connectivity index (χ0) is 21.8. The van der Waals surface area contributed by atoms with E-state index in [1.807, 2.05) is 49.3 Å². The summed E-state index contributed by atoms with van der Waals surface area (Å²) in [6.07, 6.45) is 0.849. The van der Waals surface area contributed by atoms with Crippen molar-refractivity contribution in [3.8, 4) is 27.7 Å². The quantitative estimate of drug-likeness (QED) is 0.315. The molecule has 0 atom stereocenters. The van der Waals surface area contributed by atoms with E-state index in [2.05, 4.69) is 36.4 Å². The molecule has 4 aromatic rings. The second kappa shape index (κ2) is 9.41. The van der Waals surface area contributed by atoms with Crippen LogP contribution in [0.4, 0.5) is 0 Å². The number of hydrogen-bond acceptors (Lipinski definition) is 5. The van der Waals surface area contributed by atoms with E-state index in [1.165, 1.54) is 31.7 Å². The van der Waals surface area contributed by atoms with Crippen LogP contribution in [-0.2, 0) is 6.42 Å². The molecule has 3 aromatic carbocycles. The minimum Gasteiger partial charge on any atom is -0.497 e. The molecule has 0 saturated heterocycles. The molecular formula is C26H27NO3S. The van der Waals surface area contributed by atoms with Crippen molar-refractivity contribution >= 4 is 21.4 Å². The molecule has 1 heterocycles. The Balaban J connectivity index is 1.70. The summed E-state index contributed by atoms with van der Waals surface area (Å²) < 4.78 is 17.8. The second-order valence-corrected chi connectivity index (χ2v) is 8.73. The third kappa shape index (κ3) is 4.84. The second-order valence-electron chi connectivity index (χ2n) is 7.67. The normalized spacial score (nSPS) is 11.1. The van der Waals surface area contributed by atoms with Gasteiger partial charge < -0.3 is 14.2 Å². The largest absolute Gasteiger partial charge is 0.497 e. The van der Waals surface area contributed by atoms with Gasteiger partial charge in [-0.15, -0.1) is 11.3 Å². The molecule has 160 valence electrons. The number of hydrogen-bond donors (Lipinski definition) is 0. The van der Waals surface area contributed by atoms with Crippen LogP contribution in [0.2, 0.25) is 0 Å². The molecule has 0 N–H and O–H groups in total. The number of nitrogens with zero attached hydrogens (tertiary/aromatic N) is 1. The van der Waals surface area contributed by atoms with Gasteiger partial charge in [0.1, 0.15) is 24.0 Å². The van der Waals surface area contributed by atoms with Crippen LogP contribution in [0.15, 0.2) is 66.7 Å². The maximum absolute atomic E-state index is 5.77. The van der Waals surface area contributed by atoms with Gasteiger partial charge in [0.25, 0.3) is 0 Å². The average Bonchev–Trinajstić information content (AvgIpc) is 3.16. The van der Waals surface area contributed by atoms with Crippen molar-refractivity contribution < 1.29 is 14.2 Å². The van der Waals surface area contributed by atoms with Gasteiger partial charge in [0.2, 0.25) is 0 Å². The summed E-state index contributed by atoms with van der Waals surface area (Å²) in [5.74, 6) is 2.62. The van der Waals surface area contributed by atoms with E-state index in [9.17, 15) is 0 Å². The molecule has 0 aliphatic heterocycles. The molecule has 0 fully saturated rings. The molecule has 0 amide bonds. The van der Waals surface area contributed by atoms with Gasteiger partial charge in [0.05, 0.1) is 14.2 Å². The average molecular weight is 434 g/mol. The fourth-order valence-corrected chi connectivity index (χ4v) is 4.78. The Labute approximate surface area is 187 Å². The Morgan fingerprint density at radius 2 is 1.42 bits per heavy atom. The number of fused-ring (bicyclic) bond motifs is 1. The number of rotatable bonds is 8. The lowest BCUT2D eigenvalue weighted by atomic mass is 9.99. The van der Waals surface area contributed by atoms with Gasteiger partial charge in [0.15, 0.2) is 0 Å². The Morgan fingerprint density at radius 1 is 0.774 bits per heavy atom. The first-order valence-electron chi connectivity index (χ1n) is 10.2. The number of ether oxygens (including phenoxy) is 3. The summed E-state index contributed by atoms with van der Waals surface area (Å²) in [6.45, 7) is 0.567. The van der Waals surface area contributed by atoms with Gasteiger partial charge >= 0.3 is 0 Å². The minimum absolute atomic E-state index is 0.567. The van der Waals surface area contributed by atoms with Gasteiger partial charge in [-0.1, -0.05) is 12.1 Å². The van der Waals surface area contributed by atoms with Gasteiger partial charge in [-0.3, -0.25) is 4.90 Å². The maximum Gasteiger partial charge on any atom is 0.141 e. The molecular weight excluding hydrogens is 406 g/mol. The highest BCUT2D eigenvalue weighted by molar-refractivity contribution is 7.22. The highest BCUT2D eigenvalue weighted by Gasteiger charge is 2.15. The van der Waals surface area contributed by atoms with Gasteiger partial charge in [-0.2, -0.15) is 0 Å². The summed E-state index contributed by atoms with van der Waals surface area (Å²) in [7, 11) is 7.38. The molecule has 4 rings (SSSR count). The highest BCUT2D eigenvalue weighted by atomic mass is 32.1. The van der Waals surface area contributed by atoms with E-state index in [-0.39, 0.29) is 0 Å². The smallest absolute Gasteiger partial charge is 0.141 e. The molecule has 0 saturated carbocycles. The predicted octanol–water partition coefficient (Wildman–Crippen LogP) is 6.07. The summed E-state index contributed by atoms with van der Waals surface area (Å²) >= 11 is 1.80. The molecule has 0 aliphatic rings. The SMILES string of the molecule is COc1ccc(-c2sc3cc(OC)ccc3c2Cc2ccc(OCN(C)C)cc2)cc1. The molecule has 0 unspecified atom stereocenters. The van der Waals surface area contributed by atoms with Crippen molar-refractivity contribution in [3.05, 3.63) is 77.9 Å². The third-order valence-electron chi connectivity index (χ3n) is 5.15. The Kier molecular flexibility index (Phi) is 6.44. The molecule has 4 nitrogen and oxygen atoms in total. The number of methoxy groups -OCH3 is 2.